The molecule has 7 heteroatoms. The highest BCUT2D eigenvalue weighted by atomic mass is 32.1. The summed E-state index contributed by atoms with van der Waals surface area (Å²) in [5.74, 6) is -0.663. The molecular weight excluding hydrogens is 474 g/mol. The highest BCUT2D eigenvalue weighted by Crippen LogP contribution is 2.32. The maximum absolute atomic E-state index is 13.6. The number of thiocarbonyl (C=S) groups is 1. The lowest BCUT2D eigenvalue weighted by Gasteiger charge is -2.20. The van der Waals surface area contributed by atoms with Gasteiger partial charge in [-0.15, -0.1) is 0 Å². The van der Waals surface area contributed by atoms with E-state index in [1.165, 1.54) is 35.4 Å². The third-order valence-electron chi connectivity index (χ3n) is 6.28. The number of rotatable bonds is 3. The molecule has 1 aliphatic heterocycles. The van der Waals surface area contributed by atoms with E-state index in [0.717, 1.165) is 24.3 Å². The Kier molecular flexibility index (Phi) is 5.62. The molecule has 0 unspecified atom stereocenters. The molecular formula is C29H20F2N4S. The minimum atomic E-state index is -0.333. The molecule has 0 saturated heterocycles. The van der Waals surface area contributed by atoms with Crippen molar-refractivity contribution in [3.63, 3.8) is 0 Å². The molecule has 0 fully saturated rings. The summed E-state index contributed by atoms with van der Waals surface area (Å²) in [6.45, 7) is 1.54. The lowest BCUT2D eigenvalue weighted by molar-refractivity contribution is 0.455. The Hall–Kier alpha value is -4.23. The first kappa shape index (κ1) is 22.2. The third-order valence-corrected chi connectivity index (χ3v) is 6.64. The van der Waals surface area contributed by atoms with Crippen LogP contribution in [0.2, 0.25) is 0 Å². The molecule has 0 saturated carbocycles. The predicted molar refractivity (Wildman–Crippen MR) is 142 cm³/mol. The Morgan fingerprint density at radius 3 is 1.78 bits per heavy atom. The van der Waals surface area contributed by atoms with Gasteiger partial charge < -0.3 is 10.2 Å². The lowest BCUT2D eigenvalue weighted by Crippen LogP contribution is -2.29. The zero-order valence-electron chi connectivity index (χ0n) is 19.1. The molecule has 176 valence electrons. The van der Waals surface area contributed by atoms with E-state index in [0.29, 0.717) is 33.1 Å². The van der Waals surface area contributed by atoms with Crippen LogP contribution >= 0.6 is 12.2 Å². The van der Waals surface area contributed by atoms with Crippen molar-refractivity contribution in [3.8, 4) is 22.5 Å². The largest absolute Gasteiger partial charge is 0.340 e. The number of hydrogen-bond acceptors (Lipinski definition) is 3. The van der Waals surface area contributed by atoms with E-state index >= 15 is 0 Å². The van der Waals surface area contributed by atoms with Crippen LogP contribution in [0.5, 0.6) is 0 Å². The Morgan fingerprint density at radius 2 is 1.22 bits per heavy atom. The van der Waals surface area contributed by atoms with Crippen molar-refractivity contribution in [1.29, 1.82) is 0 Å². The molecule has 0 bridgehead atoms. The van der Waals surface area contributed by atoms with Gasteiger partial charge >= 0.3 is 0 Å². The molecule has 2 heterocycles. The normalized spacial score (nSPS) is 12.6. The molecule has 0 spiro atoms. The zero-order valence-corrected chi connectivity index (χ0v) is 19.9. The van der Waals surface area contributed by atoms with Crippen LogP contribution < -0.4 is 5.32 Å². The summed E-state index contributed by atoms with van der Waals surface area (Å²) >= 11 is 5.69. The maximum Gasteiger partial charge on any atom is 0.174 e. The van der Waals surface area contributed by atoms with Crippen molar-refractivity contribution in [2.75, 3.05) is 5.32 Å². The second-order valence-electron chi connectivity index (χ2n) is 8.69. The first-order valence-corrected chi connectivity index (χ1v) is 11.9. The average Bonchev–Trinajstić information content (AvgIpc) is 3.34. The zero-order chi connectivity index (χ0) is 24.6. The summed E-state index contributed by atoms with van der Waals surface area (Å²) < 4.78 is 27.2. The van der Waals surface area contributed by atoms with Crippen LogP contribution in [-0.2, 0) is 13.1 Å². The van der Waals surface area contributed by atoms with Crippen molar-refractivity contribution in [3.05, 3.63) is 114 Å². The number of halogens is 2. The molecule has 1 N–H and O–H groups in total. The fourth-order valence-corrected chi connectivity index (χ4v) is 4.68. The minimum Gasteiger partial charge on any atom is -0.340 e. The van der Waals surface area contributed by atoms with Gasteiger partial charge in [0.15, 0.2) is 5.11 Å². The highest BCUT2D eigenvalue weighted by molar-refractivity contribution is 7.80. The van der Waals surface area contributed by atoms with Crippen LogP contribution in [0.3, 0.4) is 0 Å². The first-order chi connectivity index (χ1) is 17.5. The smallest absolute Gasteiger partial charge is 0.174 e. The molecule has 0 atom stereocenters. The predicted octanol–water partition coefficient (Wildman–Crippen LogP) is 6.95. The van der Waals surface area contributed by atoms with Crippen LogP contribution in [0.15, 0.2) is 91.0 Å². The minimum absolute atomic E-state index is 0.330. The van der Waals surface area contributed by atoms with Gasteiger partial charge in [-0.05, 0) is 90.1 Å². The fraction of sp³-hybridized carbons (Fsp3) is 0.0690. The summed E-state index contributed by atoms with van der Waals surface area (Å²) in [4.78, 5) is 11.9. The number of aromatic nitrogens is 2. The molecule has 0 amide bonds. The average molecular weight is 495 g/mol. The number of fused-ring (bicyclic) bond motifs is 2. The van der Waals surface area contributed by atoms with Gasteiger partial charge in [0.1, 0.15) is 11.6 Å². The summed E-state index contributed by atoms with van der Waals surface area (Å²) in [5.41, 5.74) is 7.34. The first-order valence-electron chi connectivity index (χ1n) is 11.5. The van der Waals surface area contributed by atoms with Gasteiger partial charge in [-0.2, -0.15) is 0 Å². The summed E-state index contributed by atoms with van der Waals surface area (Å²) in [7, 11) is 0. The van der Waals surface area contributed by atoms with E-state index in [9.17, 15) is 8.78 Å². The molecule has 1 aliphatic rings. The van der Waals surface area contributed by atoms with Crippen LogP contribution in [0.4, 0.5) is 14.5 Å². The number of nitrogens with zero attached hydrogens (tertiary/aromatic N) is 3. The van der Waals surface area contributed by atoms with Crippen molar-refractivity contribution in [2.45, 2.75) is 13.1 Å². The fourth-order valence-electron chi connectivity index (χ4n) is 4.43. The molecule has 36 heavy (non-hydrogen) atoms. The van der Waals surface area contributed by atoms with E-state index in [2.05, 4.69) is 22.3 Å². The van der Waals surface area contributed by atoms with Gasteiger partial charge in [0.2, 0.25) is 0 Å². The van der Waals surface area contributed by atoms with E-state index in [1.54, 1.807) is 24.3 Å². The Labute approximate surface area is 212 Å². The van der Waals surface area contributed by atoms with Gasteiger partial charge in [0, 0.05) is 29.9 Å². The molecule has 6 rings (SSSR count). The van der Waals surface area contributed by atoms with E-state index in [-0.39, 0.29) is 11.6 Å². The standard InChI is InChI=1S/C29H20F2N4S/c30-22-9-5-18(6-10-22)27-28(19-7-11-23(31)12-8-19)34-26-15-24(13-14-25(26)33-27)32-29(36)35-16-20-3-1-2-4-21(20)17-35/h1-15H,16-17H2,(H,32,36). The van der Waals surface area contributed by atoms with Crippen LogP contribution in [0.25, 0.3) is 33.5 Å². The summed E-state index contributed by atoms with van der Waals surface area (Å²) in [6, 6.07) is 26.3. The number of anilines is 1. The SMILES string of the molecule is Fc1ccc(-c2nc3ccc(NC(=S)N4Cc5ccccc5C4)cc3nc2-c2ccc(F)cc2)cc1. The lowest BCUT2D eigenvalue weighted by atomic mass is 10.0. The Morgan fingerprint density at radius 1 is 0.694 bits per heavy atom. The van der Waals surface area contributed by atoms with Gasteiger partial charge in [-0.3, -0.25) is 0 Å². The van der Waals surface area contributed by atoms with E-state index in [4.69, 9.17) is 22.2 Å². The van der Waals surface area contributed by atoms with E-state index in [1.807, 2.05) is 30.3 Å². The second-order valence-corrected chi connectivity index (χ2v) is 9.08. The van der Waals surface area contributed by atoms with Gasteiger partial charge in [-0.25, -0.2) is 18.7 Å². The van der Waals surface area contributed by atoms with Crippen molar-refractivity contribution in [2.24, 2.45) is 0 Å². The topological polar surface area (TPSA) is 41.1 Å². The summed E-state index contributed by atoms with van der Waals surface area (Å²) in [5, 5.41) is 3.97. The summed E-state index contributed by atoms with van der Waals surface area (Å²) in [6.07, 6.45) is 0. The molecule has 4 aromatic carbocycles. The molecule has 0 aliphatic carbocycles. The number of nitrogens with one attached hydrogen (secondary N) is 1. The van der Waals surface area contributed by atoms with Crippen LogP contribution in [0.1, 0.15) is 11.1 Å². The van der Waals surface area contributed by atoms with Crippen LogP contribution in [-0.4, -0.2) is 20.0 Å². The monoisotopic (exact) mass is 494 g/mol. The molecule has 5 aromatic rings. The van der Waals surface area contributed by atoms with Crippen molar-refractivity contribution in [1.82, 2.24) is 14.9 Å². The quantitative estimate of drug-likeness (QED) is 0.275. The van der Waals surface area contributed by atoms with Crippen molar-refractivity contribution >= 4 is 34.1 Å². The van der Waals surface area contributed by atoms with Crippen LogP contribution in [0, 0.1) is 11.6 Å². The molecule has 4 nitrogen and oxygen atoms in total. The molecule has 0 radical (unpaired) electrons. The third kappa shape index (κ3) is 4.29. The van der Waals surface area contributed by atoms with Gasteiger partial charge in [0.25, 0.3) is 0 Å². The molecule has 1 aromatic heterocycles. The second kappa shape index (κ2) is 9.09. The Bertz CT molecular complexity index is 1580. The Balaban J connectivity index is 1.36. The highest BCUT2D eigenvalue weighted by Gasteiger charge is 2.21. The maximum atomic E-state index is 13.6. The van der Waals surface area contributed by atoms with Gasteiger partial charge in [0.05, 0.1) is 22.4 Å². The van der Waals surface area contributed by atoms with Crippen molar-refractivity contribution < 1.29 is 8.78 Å². The number of benzene rings is 4. The van der Waals surface area contributed by atoms with Gasteiger partial charge in [-0.1, -0.05) is 24.3 Å². The number of hydrogen-bond donors (Lipinski definition) is 1. The van der Waals surface area contributed by atoms with E-state index < -0.39 is 0 Å².